The zero-order valence-electron chi connectivity index (χ0n) is 19.6. The second kappa shape index (κ2) is 10.8. The Bertz CT molecular complexity index is 1140. The fourth-order valence-corrected chi connectivity index (χ4v) is 5.01. The van der Waals surface area contributed by atoms with Gasteiger partial charge in [-0.25, -0.2) is 4.98 Å². The van der Waals surface area contributed by atoms with Crippen LogP contribution in [0.15, 0.2) is 54.6 Å². The minimum absolute atomic E-state index is 0.00673. The molecule has 7 nitrogen and oxygen atoms in total. The first kappa shape index (κ1) is 23.9. The molecule has 1 fully saturated rings. The summed E-state index contributed by atoms with van der Waals surface area (Å²) < 4.78 is 11.1. The number of rotatable bonds is 8. The number of anilines is 1. The minimum Gasteiger partial charge on any atom is -0.497 e. The molecule has 2 heterocycles. The molecule has 3 aromatic rings. The summed E-state index contributed by atoms with van der Waals surface area (Å²) in [5.74, 6) is 0.0494. The number of amides is 2. The quantitative estimate of drug-likeness (QED) is 0.516. The van der Waals surface area contributed by atoms with Gasteiger partial charge in [0.1, 0.15) is 16.7 Å². The van der Waals surface area contributed by atoms with Crippen LogP contribution in [0.3, 0.4) is 0 Å². The van der Waals surface area contributed by atoms with Gasteiger partial charge in [-0.05, 0) is 44.4 Å². The smallest absolute Gasteiger partial charge is 0.271 e. The maximum atomic E-state index is 14.0. The van der Waals surface area contributed by atoms with Gasteiger partial charge >= 0.3 is 0 Å². The molecule has 0 radical (unpaired) electrons. The minimum atomic E-state index is -0.885. The van der Waals surface area contributed by atoms with Crippen molar-refractivity contribution in [3.05, 3.63) is 75.7 Å². The van der Waals surface area contributed by atoms with Crippen LogP contribution in [-0.4, -0.2) is 43.2 Å². The number of aryl methyl sites for hydroxylation is 2. The Balaban J connectivity index is 1.78. The van der Waals surface area contributed by atoms with Crippen molar-refractivity contribution in [2.24, 2.45) is 0 Å². The van der Waals surface area contributed by atoms with Crippen LogP contribution in [0.25, 0.3) is 0 Å². The van der Waals surface area contributed by atoms with Gasteiger partial charge in [0, 0.05) is 24.9 Å². The van der Waals surface area contributed by atoms with Crippen molar-refractivity contribution in [2.75, 3.05) is 25.2 Å². The normalized spacial score (nSPS) is 16.1. The Labute approximate surface area is 203 Å². The molecule has 2 amide bonds. The molecule has 0 aliphatic carbocycles. The highest BCUT2D eigenvalue weighted by molar-refractivity contribution is 7.13. The Morgan fingerprint density at radius 3 is 2.65 bits per heavy atom. The lowest BCUT2D eigenvalue weighted by Gasteiger charge is -2.31. The molecule has 0 bridgehead atoms. The van der Waals surface area contributed by atoms with Crippen LogP contribution in [-0.2, 0) is 9.53 Å². The van der Waals surface area contributed by atoms with Crippen molar-refractivity contribution in [3.8, 4) is 5.75 Å². The van der Waals surface area contributed by atoms with E-state index in [1.165, 1.54) is 11.3 Å². The number of carbonyl (C=O) groups is 2. The molecule has 2 atom stereocenters. The van der Waals surface area contributed by atoms with E-state index in [0.29, 0.717) is 40.7 Å². The van der Waals surface area contributed by atoms with Crippen molar-refractivity contribution < 1.29 is 19.1 Å². The van der Waals surface area contributed by atoms with E-state index in [4.69, 9.17) is 9.47 Å². The van der Waals surface area contributed by atoms with Crippen LogP contribution in [0.5, 0.6) is 5.75 Å². The lowest BCUT2D eigenvalue weighted by atomic mass is 10.0. The van der Waals surface area contributed by atoms with Crippen molar-refractivity contribution >= 4 is 28.8 Å². The molecule has 34 heavy (non-hydrogen) atoms. The Morgan fingerprint density at radius 2 is 2.00 bits per heavy atom. The Kier molecular flexibility index (Phi) is 7.59. The van der Waals surface area contributed by atoms with E-state index in [-0.39, 0.29) is 17.9 Å². The van der Waals surface area contributed by atoms with Gasteiger partial charge in [0.05, 0.1) is 23.9 Å². The Morgan fingerprint density at radius 1 is 1.21 bits per heavy atom. The largest absolute Gasteiger partial charge is 0.497 e. The number of thiazole rings is 1. The molecular weight excluding hydrogens is 450 g/mol. The summed E-state index contributed by atoms with van der Waals surface area (Å²) in [5.41, 5.74) is 1.92. The number of nitrogens with one attached hydrogen (secondary N) is 1. The molecule has 178 valence electrons. The van der Waals surface area contributed by atoms with Gasteiger partial charge in [0.15, 0.2) is 0 Å². The number of benzene rings is 2. The molecule has 1 aliphatic heterocycles. The van der Waals surface area contributed by atoms with Crippen molar-refractivity contribution in [3.63, 3.8) is 0 Å². The molecular formula is C26H29N3O4S. The fraction of sp³-hybridized carbons (Fsp3) is 0.346. The molecule has 4 rings (SSSR count). The third kappa shape index (κ3) is 5.29. The van der Waals surface area contributed by atoms with Crippen LogP contribution in [0, 0.1) is 13.8 Å². The van der Waals surface area contributed by atoms with Crippen LogP contribution in [0.2, 0.25) is 0 Å². The second-order valence-electron chi connectivity index (χ2n) is 8.22. The molecule has 0 spiro atoms. The number of hydrogen-bond acceptors (Lipinski definition) is 6. The maximum Gasteiger partial charge on any atom is 0.271 e. The van der Waals surface area contributed by atoms with E-state index in [0.717, 1.165) is 17.8 Å². The lowest BCUT2D eigenvalue weighted by molar-refractivity contribution is -0.123. The summed E-state index contributed by atoms with van der Waals surface area (Å²) in [6, 6.07) is 15.7. The van der Waals surface area contributed by atoms with Gasteiger partial charge in [-0.15, -0.1) is 11.3 Å². The predicted octanol–water partition coefficient (Wildman–Crippen LogP) is 4.45. The van der Waals surface area contributed by atoms with E-state index >= 15 is 0 Å². The maximum absolute atomic E-state index is 14.0. The molecule has 1 saturated heterocycles. The number of methoxy groups -OCH3 is 1. The average Bonchev–Trinajstić information content (AvgIpc) is 3.50. The number of nitrogens with zero attached hydrogens (tertiary/aromatic N) is 2. The molecule has 1 aliphatic rings. The molecule has 8 heteroatoms. The molecule has 0 saturated carbocycles. The average molecular weight is 480 g/mol. The second-order valence-corrected chi connectivity index (χ2v) is 9.42. The van der Waals surface area contributed by atoms with E-state index in [2.05, 4.69) is 10.3 Å². The lowest BCUT2D eigenvalue weighted by Crippen LogP contribution is -2.45. The predicted molar refractivity (Wildman–Crippen MR) is 133 cm³/mol. The SMILES string of the molecule is COc1cccc(N(C(=O)c2sc(C)nc2C)[C@@H](C(=O)NC[C@@H]2CCCO2)c2ccccc2)c1. The monoisotopic (exact) mass is 479 g/mol. The van der Waals surface area contributed by atoms with E-state index in [9.17, 15) is 9.59 Å². The van der Waals surface area contributed by atoms with Crippen LogP contribution < -0.4 is 15.0 Å². The number of hydrogen-bond donors (Lipinski definition) is 1. The number of ether oxygens (including phenoxy) is 2. The fourth-order valence-electron chi connectivity index (χ4n) is 4.15. The zero-order chi connectivity index (χ0) is 24.1. The first-order valence-electron chi connectivity index (χ1n) is 11.3. The first-order valence-corrected chi connectivity index (χ1v) is 12.2. The summed E-state index contributed by atoms with van der Waals surface area (Å²) in [6.07, 6.45) is 1.89. The summed E-state index contributed by atoms with van der Waals surface area (Å²) in [5, 5.41) is 3.82. The van der Waals surface area contributed by atoms with Gasteiger partial charge in [-0.3, -0.25) is 14.5 Å². The third-order valence-electron chi connectivity index (χ3n) is 5.80. The highest BCUT2D eigenvalue weighted by Crippen LogP contribution is 2.33. The van der Waals surface area contributed by atoms with Gasteiger partial charge < -0.3 is 14.8 Å². The van der Waals surface area contributed by atoms with Crippen molar-refractivity contribution in [1.29, 1.82) is 0 Å². The number of aromatic nitrogens is 1. The molecule has 2 aromatic carbocycles. The van der Waals surface area contributed by atoms with Crippen molar-refractivity contribution in [1.82, 2.24) is 10.3 Å². The van der Waals surface area contributed by atoms with E-state index in [1.54, 1.807) is 18.1 Å². The van der Waals surface area contributed by atoms with Crippen molar-refractivity contribution in [2.45, 2.75) is 38.8 Å². The van der Waals surface area contributed by atoms with Crippen LogP contribution >= 0.6 is 11.3 Å². The molecule has 1 aromatic heterocycles. The number of carbonyl (C=O) groups excluding carboxylic acids is 2. The standard InChI is InChI=1S/C26H29N3O4S/c1-17-24(34-18(2)28-17)26(31)29(20-11-7-12-21(15-20)32-3)23(19-9-5-4-6-10-19)25(30)27-16-22-13-8-14-33-22/h4-7,9-12,15,22-23H,8,13-14,16H2,1-3H3,(H,27,30)/t22-,23+/m0/s1. The summed E-state index contributed by atoms with van der Waals surface area (Å²) in [4.78, 5) is 34.2. The van der Waals surface area contributed by atoms with Crippen LogP contribution in [0.4, 0.5) is 5.69 Å². The van der Waals surface area contributed by atoms with Gasteiger partial charge in [0.25, 0.3) is 5.91 Å². The van der Waals surface area contributed by atoms with Gasteiger partial charge in [0.2, 0.25) is 5.91 Å². The molecule has 0 unspecified atom stereocenters. The highest BCUT2D eigenvalue weighted by atomic mass is 32.1. The Hall–Kier alpha value is -3.23. The summed E-state index contributed by atoms with van der Waals surface area (Å²) >= 11 is 1.33. The van der Waals surface area contributed by atoms with Crippen LogP contribution in [0.1, 0.15) is 44.8 Å². The highest BCUT2D eigenvalue weighted by Gasteiger charge is 2.35. The summed E-state index contributed by atoms with van der Waals surface area (Å²) in [7, 11) is 1.57. The molecule has 1 N–H and O–H groups in total. The first-order chi connectivity index (χ1) is 16.5. The summed E-state index contributed by atoms with van der Waals surface area (Å²) in [6.45, 7) is 4.80. The third-order valence-corrected chi connectivity index (χ3v) is 6.86. The topological polar surface area (TPSA) is 80.8 Å². The van der Waals surface area contributed by atoms with Gasteiger partial charge in [-0.2, -0.15) is 0 Å². The van der Waals surface area contributed by atoms with Gasteiger partial charge in [-0.1, -0.05) is 36.4 Å². The van der Waals surface area contributed by atoms with E-state index in [1.807, 2.05) is 62.4 Å². The zero-order valence-corrected chi connectivity index (χ0v) is 20.4. The van der Waals surface area contributed by atoms with E-state index < -0.39 is 6.04 Å².